The lowest BCUT2D eigenvalue weighted by Gasteiger charge is -2.45. The van der Waals surface area contributed by atoms with Gasteiger partial charge in [-0.05, 0) is 61.1 Å². The summed E-state index contributed by atoms with van der Waals surface area (Å²) >= 11 is 0. The highest BCUT2D eigenvalue weighted by molar-refractivity contribution is 6.08. The van der Waals surface area contributed by atoms with Gasteiger partial charge >= 0.3 is 12.1 Å². The fourth-order valence-corrected chi connectivity index (χ4v) is 8.84. The molecular weight excluding hydrogens is 796 g/mol. The van der Waals surface area contributed by atoms with Crippen molar-refractivity contribution in [2.24, 2.45) is 17.8 Å². The predicted molar refractivity (Wildman–Crippen MR) is 221 cm³/mol. The number of aliphatic hydroxyl groups is 1. The van der Waals surface area contributed by atoms with E-state index in [9.17, 15) is 29.1 Å². The number of alkyl halides is 1. The summed E-state index contributed by atoms with van der Waals surface area (Å²) < 4.78 is 48.6. The summed E-state index contributed by atoms with van der Waals surface area (Å²) in [4.78, 5) is 74.5. The number of carbonyl (C=O) groups is 4. The van der Waals surface area contributed by atoms with Gasteiger partial charge in [-0.1, -0.05) is 51.7 Å². The Morgan fingerprint density at radius 2 is 1.74 bits per heavy atom. The number of ketones is 2. The number of Topliss-reactive ketones (excluding diaryl/α,β-unsaturated/α-hetero) is 2. The van der Waals surface area contributed by atoms with Crippen LogP contribution in [0.25, 0.3) is 11.4 Å². The minimum Gasteiger partial charge on any atom is -0.455 e. The smallest absolute Gasteiger partial charge is 0.411 e. The van der Waals surface area contributed by atoms with Gasteiger partial charge in [0.05, 0.1) is 36.2 Å². The molecule has 12 atom stereocenters. The Kier molecular flexibility index (Phi) is 16.2. The van der Waals surface area contributed by atoms with E-state index in [0.29, 0.717) is 17.8 Å². The zero-order valence-corrected chi connectivity index (χ0v) is 37.4. The molecule has 2 aliphatic rings. The normalized spacial score (nSPS) is 31.7. The molecule has 1 amide bonds. The minimum atomic E-state index is -3.23. The molecule has 2 fully saturated rings. The quantitative estimate of drug-likeness (QED) is 0.128. The fourth-order valence-electron chi connectivity index (χ4n) is 8.84. The fraction of sp³-hybridized carbons (Fsp3) is 0.698. The predicted octanol–water partition coefficient (Wildman–Crippen LogP) is 3.57. The molecule has 61 heavy (non-hydrogen) atoms. The van der Waals surface area contributed by atoms with E-state index in [0.717, 1.165) is 6.92 Å². The third-order valence-corrected chi connectivity index (χ3v) is 12.2. The number of ether oxygens (including phenoxy) is 5. The first-order valence-electron chi connectivity index (χ1n) is 20.8. The molecule has 4 heterocycles. The average molecular weight is 859 g/mol. The third kappa shape index (κ3) is 10.4. The second-order valence-electron chi connectivity index (χ2n) is 16.8. The number of carbonyl (C=O) groups excluding carboxylic acids is 4. The van der Waals surface area contributed by atoms with E-state index in [2.05, 4.69) is 27.1 Å². The molecule has 2 aliphatic heterocycles. The van der Waals surface area contributed by atoms with Crippen molar-refractivity contribution in [1.82, 2.24) is 29.8 Å². The van der Waals surface area contributed by atoms with Gasteiger partial charge in [0.1, 0.15) is 30.2 Å². The van der Waals surface area contributed by atoms with Gasteiger partial charge in [0.2, 0.25) is 0 Å². The first-order chi connectivity index (χ1) is 28.6. The molecule has 2 aromatic heterocycles. The Hall–Kier alpha value is -4.54. The van der Waals surface area contributed by atoms with Crippen LogP contribution in [0.5, 0.6) is 0 Å². The van der Waals surface area contributed by atoms with Crippen LogP contribution in [0.15, 0.2) is 29.3 Å². The van der Waals surface area contributed by atoms with Crippen molar-refractivity contribution < 1.29 is 52.4 Å². The molecule has 2 N–H and O–H groups in total. The number of aromatic nitrogens is 4. The molecule has 2 saturated heterocycles. The van der Waals surface area contributed by atoms with Crippen molar-refractivity contribution in [3.63, 3.8) is 0 Å². The highest BCUT2D eigenvalue weighted by Gasteiger charge is 2.61. The first kappa shape index (κ1) is 49.1. The molecule has 2 unspecified atom stereocenters. The van der Waals surface area contributed by atoms with E-state index >= 15 is 4.39 Å². The van der Waals surface area contributed by atoms with Crippen molar-refractivity contribution in [2.45, 2.75) is 142 Å². The molecule has 0 saturated carbocycles. The van der Waals surface area contributed by atoms with Crippen LogP contribution in [0.3, 0.4) is 0 Å². The number of aliphatic hydroxyl groups excluding tert-OH is 1. The molecule has 0 aromatic carbocycles. The van der Waals surface area contributed by atoms with Crippen LogP contribution < -0.4 is 5.43 Å². The molecule has 0 radical (unpaired) electrons. The summed E-state index contributed by atoms with van der Waals surface area (Å²) in [7, 11) is 4.95. The monoisotopic (exact) mass is 858 g/mol. The number of methoxy groups -OCH3 is 1. The lowest BCUT2D eigenvalue weighted by molar-refractivity contribution is -0.266. The van der Waals surface area contributed by atoms with Crippen molar-refractivity contribution in [2.75, 3.05) is 34.4 Å². The number of hydrogen-bond acceptors (Lipinski definition) is 14. The summed E-state index contributed by atoms with van der Waals surface area (Å²) in [6, 6.07) is 1.25. The van der Waals surface area contributed by atoms with Gasteiger partial charge in [0, 0.05) is 55.8 Å². The van der Waals surface area contributed by atoms with Gasteiger partial charge in [-0.15, -0.1) is 5.10 Å². The lowest BCUT2D eigenvalue weighted by Crippen LogP contribution is -2.61. The molecule has 0 aliphatic carbocycles. The van der Waals surface area contributed by atoms with Crippen LogP contribution in [0.4, 0.5) is 9.18 Å². The minimum absolute atomic E-state index is 0.0228. The van der Waals surface area contributed by atoms with Crippen molar-refractivity contribution >= 4 is 23.6 Å². The Morgan fingerprint density at radius 3 is 2.33 bits per heavy atom. The average Bonchev–Trinajstić information content (AvgIpc) is 3.79. The number of likely N-dealkylation sites (N-methyl/N-ethyl adjacent to an activating group) is 1. The molecule has 17 nitrogen and oxygen atoms in total. The molecule has 338 valence electrons. The van der Waals surface area contributed by atoms with Gasteiger partial charge in [-0.2, -0.15) is 0 Å². The number of hydrogen-bond donors (Lipinski definition) is 2. The van der Waals surface area contributed by atoms with Gasteiger partial charge in [0.15, 0.2) is 23.1 Å². The zero-order valence-electron chi connectivity index (χ0n) is 37.4. The SMILES string of the molecule is CCO[C@@H](O[C@@H]1[C@@H](C)C(=O)[C@](C)(F)C(=O)O[C@H](CC)[C@@]2(C)OC(=O)N(CC#CCn3cc(-c4cc(=O)cc[nH]4)nn3)[C@@H]2[C@@H](C)C(=O)[C@H](C)C[C@@]1(C)OC)C(O)C(CC)N(C)C. The van der Waals surface area contributed by atoms with Crippen LogP contribution in [-0.2, 0) is 44.6 Å². The van der Waals surface area contributed by atoms with Gasteiger partial charge in [0.25, 0.3) is 5.67 Å². The van der Waals surface area contributed by atoms with E-state index in [1.54, 1.807) is 54.9 Å². The second kappa shape index (κ2) is 20.1. The summed E-state index contributed by atoms with van der Waals surface area (Å²) in [6.07, 6.45) is -2.49. The molecule has 18 heteroatoms. The van der Waals surface area contributed by atoms with E-state index in [1.165, 1.54) is 48.9 Å². The van der Waals surface area contributed by atoms with E-state index in [-0.39, 0.29) is 43.8 Å². The van der Waals surface area contributed by atoms with Crippen LogP contribution in [0.2, 0.25) is 0 Å². The standard InChI is InChI=1S/C43H63FN6O11/c1-13-31(48(10)11)34(53)38(58-15-3)60-37-27(6)36(54)42(8,44)39(55)59-32(14-2)43(9)35(26(5)33(52)25(4)23-41(37,7)57-12)50(40(56)61-43)21-17-16-20-49-24-30(46-47-49)29-22-28(51)18-19-45-29/h18-19,22,24-27,31-32,34-35,37-38,53H,13-15,20-21,23H2,1-12H3,(H,45,51)/t25-,26+,27+,31?,32-,34?,35-,37-,38+,41-,42+,43-/m1/s1. The largest absolute Gasteiger partial charge is 0.455 e. The third-order valence-electron chi connectivity index (χ3n) is 12.2. The number of H-pyrrole nitrogens is 1. The number of pyridine rings is 1. The van der Waals surface area contributed by atoms with Crippen LogP contribution >= 0.6 is 0 Å². The van der Waals surface area contributed by atoms with Gasteiger partial charge in [-0.3, -0.25) is 19.3 Å². The van der Waals surface area contributed by atoms with Crippen LogP contribution in [0.1, 0.15) is 81.6 Å². The van der Waals surface area contributed by atoms with Gasteiger partial charge in [-0.25, -0.2) is 18.7 Å². The molecule has 2 aromatic rings. The van der Waals surface area contributed by atoms with E-state index in [1.807, 2.05) is 11.8 Å². The number of rotatable bonds is 13. The number of nitrogens with one attached hydrogen (secondary N) is 1. The Balaban J connectivity index is 1.75. The molecule has 4 rings (SSSR count). The highest BCUT2D eigenvalue weighted by Crippen LogP contribution is 2.43. The maximum atomic E-state index is 16.9. The highest BCUT2D eigenvalue weighted by atomic mass is 19.1. The summed E-state index contributed by atoms with van der Waals surface area (Å²) in [6.45, 7) is 13.9. The number of esters is 1. The Bertz CT molecular complexity index is 1990. The second-order valence-corrected chi connectivity index (χ2v) is 16.8. The van der Waals surface area contributed by atoms with E-state index < -0.39 is 89.2 Å². The maximum absolute atomic E-state index is 16.9. The Morgan fingerprint density at radius 1 is 1.07 bits per heavy atom. The first-order valence-corrected chi connectivity index (χ1v) is 20.8. The van der Waals surface area contributed by atoms with Gasteiger partial charge < -0.3 is 38.7 Å². The van der Waals surface area contributed by atoms with E-state index in [4.69, 9.17) is 23.7 Å². The zero-order chi connectivity index (χ0) is 45.6. The van der Waals surface area contributed by atoms with Crippen molar-refractivity contribution in [3.05, 3.63) is 34.7 Å². The summed E-state index contributed by atoms with van der Waals surface area (Å²) in [5.74, 6) is -0.297. The topological polar surface area (TPSA) is 205 Å². The number of cyclic esters (lactones) is 1. The number of amides is 1. The van der Waals surface area contributed by atoms with Crippen LogP contribution in [0, 0.1) is 29.6 Å². The van der Waals surface area contributed by atoms with Crippen molar-refractivity contribution in [1.29, 1.82) is 0 Å². The lowest BCUT2D eigenvalue weighted by atomic mass is 9.73. The molecular formula is C43H63FN6O11. The summed E-state index contributed by atoms with van der Waals surface area (Å²) in [5, 5.41) is 19.7. The number of halogens is 1. The Labute approximate surface area is 356 Å². The maximum Gasteiger partial charge on any atom is 0.411 e. The van der Waals surface area contributed by atoms with Crippen molar-refractivity contribution in [3.8, 4) is 23.2 Å². The molecule has 0 spiro atoms. The molecule has 0 bridgehead atoms. The number of aromatic amines is 1. The number of fused-ring (bicyclic) bond motifs is 1. The summed E-state index contributed by atoms with van der Waals surface area (Å²) in [5.41, 5.74) is -5.75. The number of nitrogens with zero attached hydrogens (tertiary/aromatic N) is 5. The van der Waals surface area contributed by atoms with Crippen LogP contribution in [-0.4, -0.2) is 146 Å².